The molecule has 3 N–H and O–H groups in total. The van der Waals surface area contributed by atoms with E-state index in [1.54, 1.807) is 18.2 Å². The van der Waals surface area contributed by atoms with Gasteiger partial charge in [0, 0.05) is 22.7 Å². The first-order valence-corrected chi connectivity index (χ1v) is 7.60. The molecule has 1 aliphatic carbocycles. The Morgan fingerprint density at radius 2 is 1.87 bits per heavy atom. The Labute approximate surface area is 133 Å². The van der Waals surface area contributed by atoms with Crippen LogP contribution in [0, 0.1) is 5.92 Å². The van der Waals surface area contributed by atoms with Crippen LogP contribution in [0.4, 0.5) is 5.69 Å². The van der Waals surface area contributed by atoms with Gasteiger partial charge in [0.15, 0.2) is 5.60 Å². The number of fused-ring (bicyclic) bond motifs is 2. The largest absolute Gasteiger partial charge is 0.411 e. The number of carbonyl (C=O) groups excluding carboxylic acids is 1. The third kappa shape index (κ3) is 1.83. The molecule has 2 aromatic carbocycles. The number of nitrogens with zero attached hydrogens (tertiary/aromatic N) is 1. The van der Waals surface area contributed by atoms with Gasteiger partial charge in [0.2, 0.25) is 0 Å². The van der Waals surface area contributed by atoms with Gasteiger partial charge in [0.05, 0.1) is 5.71 Å². The number of aliphatic hydroxyl groups is 1. The van der Waals surface area contributed by atoms with Crippen LogP contribution in [0.5, 0.6) is 0 Å². The SMILES string of the molecule is O=C1Nc2ccccc2[C@@]1(O)[C@H]1CCc2ccccc2C1=NO. The monoisotopic (exact) mass is 308 g/mol. The van der Waals surface area contributed by atoms with E-state index in [0.29, 0.717) is 23.4 Å². The molecular formula is C18H16N2O3. The molecule has 0 bridgehead atoms. The second-order valence-corrected chi connectivity index (χ2v) is 6.00. The molecule has 0 fully saturated rings. The minimum Gasteiger partial charge on any atom is -0.411 e. The van der Waals surface area contributed by atoms with Crippen molar-refractivity contribution in [2.45, 2.75) is 18.4 Å². The number of aryl methyl sites for hydroxylation is 1. The van der Waals surface area contributed by atoms with Crippen molar-refractivity contribution >= 4 is 17.3 Å². The van der Waals surface area contributed by atoms with Crippen molar-refractivity contribution in [3.05, 3.63) is 65.2 Å². The molecule has 5 nitrogen and oxygen atoms in total. The van der Waals surface area contributed by atoms with Gasteiger partial charge in [-0.3, -0.25) is 4.79 Å². The Hall–Kier alpha value is -2.66. The second-order valence-electron chi connectivity index (χ2n) is 6.00. The zero-order valence-corrected chi connectivity index (χ0v) is 12.4. The molecule has 0 saturated heterocycles. The van der Waals surface area contributed by atoms with Gasteiger partial charge in [-0.05, 0) is 24.5 Å². The maximum absolute atomic E-state index is 12.5. The highest BCUT2D eigenvalue weighted by Gasteiger charge is 2.54. The van der Waals surface area contributed by atoms with Gasteiger partial charge in [-0.1, -0.05) is 47.6 Å². The summed E-state index contributed by atoms with van der Waals surface area (Å²) in [5, 5.41) is 27.0. The van der Waals surface area contributed by atoms with Crippen LogP contribution in [0.15, 0.2) is 53.7 Å². The van der Waals surface area contributed by atoms with Crippen molar-refractivity contribution in [1.29, 1.82) is 0 Å². The first kappa shape index (κ1) is 14.0. The first-order chi connectivity index (χ1) is 11.2. The van der Waals surface area contributed by atoms with E-state index in [0.717, 1.165) is 17.5 Å². The van der Waals surface area contributed by atoms with Crippen molar-refractivity contribution in [3.63, 3.8) is 0 Å². The smallest absolute Gasteiger partial charge is 0.261 e. The fraction of sp³-hybridized carbons (Fsp3) is 0.222. The van der Waals surface area contributed by atoms with Crippen LogP contribution in [0.3, 0.4) is 0 Å². The molecule has 2 atom stereocenters. The predicted octanol–water partition coefficient (Wildman–Crippen LogP) is 2.27. The fourth-order valence-electron chi connectivity index (χ4n) is 3.75. The number of anilines is 1. The Balaban J connectivity index is 1.87. The summed E-state index contributed by atoms with van der Waals surface area (Å²) >= 11 is 0. The molecular weight excluding hydrogens is 292 g/mol. The maximum Gasteiger partial charge on any atom is 0.261 e. The average molecular weight is 308 g/mol. The molecule has 4 rings (SSSR count). The van der Waals surface area contributed by atoms with Crippen LogP contribution < -0.4 is 5.32 Å². The number of oxime groups is 1. The van der Waals surface area contributed by atoms with Crippen molar-refractivity contribution < 1.29 is 15.1 Å². The summed E-state index contributed by atoms with van der Waals surface area (Å²) in [6, 6.07) is 14.7. The van der Waals surface area contributed by atoms with Gasteiger partial charge >= 0.3 is 0 Å². The van der Waals surface area contributed by atoms with E-state index < -0.39 is 17.4 Å². The van der Waals surface area contributed by atoms with Crippen LogP contribution in [0.1, 0.15) is 23.1 Å². The highest BCUT2D eigenvalue weighted by atomic mass is 16.4. The lowest BCUT2D eigenvalue weighted by atomic mass is 9.71. The standard InChI is InChI=1S/C18H16N2O3/c21-17-18(22,13-7-3-4-8-15(13)19-17)14-10-9-11-5-1-2-6-12(11)16(14)20-23/h1-8,14,22-23H,9-10H2,(H,19,21)/t14-,18+/m0/s1. The lowest BCUT2D eigenvalue weighted by Gasteiger charge is -2.35. The summed E-state index contributed by atoms with van der Waals surface area (Å²) in [6.45, 7) is 0. The maximum atomic E-state index is 12.5. The zero-order chi connectivity index (χ0) is 16.0. The van der Waals surface area contributed by atoms with E-state index in [2.05, 4.69) is 10.5 Å². The van der Waals surface area contributed by atoms with Crippen LogP contribution >= 0.6 is 0 Å². The molecule has 2 aliphatic rings. The van der Waals surface area contributed by atoms with E-state index in [-0.39, 0.29) is 0 Å². The molecule has 0 saturated carbocycles. The van der Waals surface area contributed by atoms with E-state index in [4.69, 9.17) is 0 Å². The van der Waals surface area contributed by atoms with Crippen LogP contribution in [-0.4, -0.2) is 21.9 Å². The molecule has 1 heterocycles. The molecule has 1 aliphatic heterocycles. The van der Waals surface area contributed by atoms with E-state index in [1.807, 2.05) is 30.3 Å². The summed E-state index contributed by atoms with van der Waals surface area (Å²) in [5.74, 6) is -1.06. The molecule has 0 unspecified atom stereocenters. The predicted molar refractivity (Wildman–Crippen MR) is 85.5 cm³/mol. The second kappa shape index (κ2) is 4.93. The lowest BCUT2D eigenvalue weighted by Crippen LogP contribution is -2.47. The van der Waals surface area contributed by atoms with Crippen molar-refractivity contribution in [2.24, 2.45) is 11.1 Å². The Morgan fingerprint density at radius 1 is 1.13 bits per heavy atom. The quantitative estimate of drug-likeness (QED) is 0.558. The number of hydrogen-bond acceptors (Lipinski definition) is 4. The van der Waals surface area contributed by atoms with Gasteiger partial charge in [-0.15, -0.1) is 0 Å². The summed E-state index contributed by atoms with van der Waals surface area (Å²) in [7, 11) is 0. The molecule has 0 aromatic heterocycles. The number of carbonyl (C=O) groups is 1. The molecule has 0 spiro atoms. The summed E-state index contributed by atoms with van der Waals surface area (Å²) in [6.07, 6.45) is 1.26. The highest BCUT2D eigenvalue weighted by Crippen LogP contribution is 2.45. The van der Waals surface area contributed by atoms with Crippen molar-refractivity contribution in [2.75, 3.05) is 5.32 Å². The minimum absolute atomic E-state index is 0.362. The molecule has 5 heteroatoms. The number of hydrogen-bond donors (Lipinski definition) is 3. The fourth-order valence-corrected chi connectivity index (χ4v) is 3.75. The molecule has 0 radical (unpaired) electrons. The summed E-state index contributed by atoms with van der Waals surface area (Å²) in [5.41, 5.74) is 1.64. The van der Waals surface area contributed by atoms with E-state index in [1.165, 1.54) is 0 Å². The lowest BCUT2D eigenvalue weighted by molar-refractivity contribution is -0.137. The number of nitrogens with one attached hydrogen (secondary N) is 1. The number of rotatable bonds is 1. The van der Waals surface area contributed by atoms with Gasteiger partial charge in [0.1, 0.15) is 0 Å². The molecule has 23 heavy (non-hydrogen) atoms. The van der Waals surface area contributed by atoms with E-state index in [9.17, 15) is 15.1 Å². The van der Waals surface area contributed by atoms with Crippen molar-refractivity contribution in [1.82, 2.24) is 0 Å². The number of benzene rings is 2. The van der Waals surface area contributed by atoms with Gasteiger partial charge in [0.25, 0.3) is 5.91 Å². The third-order valence-corrected chi connectivity index (χ3v) is 4.87. The summed E-state index contributed by atoms with van der Waals surface area (Å²) < 4.78 is 0. The molecule has 1 amide bonds. The van der Waals surface area contributed by atoms with Crippen LogP contribution in [-0.2, 0) is 16.8 Å². The van der Waals surface area contributed by atoms with Gasteiger partial charge in [-0.2, -0.15) is 0 Å². The average Bonchev–Trinajstić information content (AvgIpc) is 2.85. The Morgan fingerprint density at radius 3 is 2.70 bits per heavy atom. The Kier molecular flexibility index (Phi) is 2.99. The van der Waals surface area contributed by atoms with Crippen molar-refractivity contribution in [3.8, 4) is 0 Å². The molecule has 116 valence electrons. The normalized spacial score (nSPS) is 27.4. The molecule has 2 aromatic rings. The number of amides is 1. The number of para-hydroxylation sites is 1. The van der Waals surface area contributed by atoms with Crippen LogP contribution in [0.25, 0.3) is 0 Å². The minimum atomic E-state index is -1.72. The highest BCUT2D eigenvalue weighted by molar-refractivity contribution is 6.12. The van der Waals surface area contributed by atoms with Gasteiger partial charge in [-0.25, -0.2) is 0 Å². The zero-order valence-electron chi connectivity index (χ0n) is 12.4. The summed E-state index contributed by atoms with van der Waals surface area (Å²) in [4.78, 5) is 12.5. The Bertz CT molecular complexity index is 831. The topological polar surface area (TPSA) is 81.9 Å². The van der Waals surface area contributed by atoms with Crippen LogP contribution in [0.2, 0.25) is 0 Å². The first-order valence-electron chi connectivity index (χ1n) is 7.60. The van der Waals surface area contributed by atoms with Gasteiger partial charge < -0.3 is 15.6 Å². The van der Waals surface area contributed by atoms with E-state index >= 15 is 0 Å². The third-order valence-electron chi connectivity index (χ3n) is 4.87.